The fraction of sp³-hybridized carbons (Fsp3) is 0.966. The summed E-state index contributed by atoms with van der Waals surface area (Å²) in [5.74, 6) is 4.95. The predicted octanol–water partition coefficient (Wildman–Crippen LogP) is 8.40. The van der Waals surface area contributed by atoms with E-state index < -0.39 is 0 Å². The van der Waals surface area contributed by atoms with Gasteiger partial charge in [-0.1, -0.05) is 53.9 Å². The molecule has 0 radical (unpaired) electrons. The van der Waals surface area contributed by atoms with Crippen LogP contribution in [0.15, 0.2) is 0 Å². The Bertz CT molecular complexity index is 691. The zero-order valence-corrected chi connectivity index (χ0v) is 22.5. The van der Waals surface area contributed by atoms with Gasteiger partial charge in [-0.25, -0.2) is 0 Å². The molecule has 0 aliphatic heterocycles. The summed E-state index contributed by atoms with van der Waals surface area (Å²) in [4.78, 5) is 11.4. The van der Waals surface area contributed by atoms with Gasteiger partial charge in [0, 0.05) is 13.3 Å². The summed E-state index contributed by atoms with van der Waals surface area (Å²) in [5.41, 5.74) is 0.729. The van der Waals surface area contributed by atoms with Gasteiger partial charge < -0.3 is 4.74 Å². The largest absolute Gasteiger partial charge is 0.462 e. The molecule has 3 heteroatoms. The van der Waals surface area contributed by atoms with Gasteiger partial charge in [-0.15, -0.1) is 11.6 Å². The number of hydrogen-bond acceptors (Lipinski definition) is 2. The van der Waals surface area contributed by atoms with Crippen molar-refractivity contribution in [3.05, 3.63) is 0 Å². The van der Waals surface area contributed by atoms with E-state index in [-0.39, 0.29) is 22.4 Å². The Morgan fingerprint density at radius 2 is 1.72 bits per heavy atom. The molecule has 0 bridgehead atoms. The maximum absolute atomic E-state index is 11.6. The Morgan fingerprint density at radius 1 is 0.969 bits per heavy atom. The molecule has 0 saturated heterocycles. The second-order valence-corrected chi connectivity index (χ2v) is 14.0. The molecule has 2 nitrogen and oxygen atoms in total. The summed E-state index contributed by atoms with van der Waals surface area (Å²) >= 11 is 7.46. The highest BCUT2D eigenvalue weighted by Crippen LogP contribution is 2.70. The van der Waals surface area contributed by atoms with Gasteiger partial charge in [0.15, 0.2) is 0 Å². The third-order valence-electron chi connectivity index (χ3n) is 11.2. The number of rotatable bonds is 6. The highest BCUT2D eigenvalue weighted by Gasteiger charge is 2.64. The van der Waals surface area contributed by atoms with Crippen molar-refractivity contribution in [2.24, 2.45) is 46.3 Å². The minimum Gasteiger partial charge on any atom is -0.462 e. The zero-order chi connectivity index (χ0) is 23.3. The molecular weight excluding hydrogens is 416 g/mol. The van der Waals surface area contributed by atoms with Crippen LogP contribution in [-0.4, -0.2) is 16.9 Å². The Hall–Kier alpha value is -0.240. The van der Waals surface area contributed by atoms with Gasteiger partial charge in [0.2, 0.25) is 0 Å². The standard InChI is InChI=1S/C29H49ClO2/c1-19(2)8-7-9-20(3)24-10-11-25-23-13-17-29(30)18-22(32-21(4)31)12-16-28(29,6)26(23)14-15-27(24,25)5/h19-20,22-26H,7-18H2,1-6H3/t20-,22-,23-,24+,25-,26-,27+,28+,29+/m0/s1. The first-order valence-corrected chi connectivity index (χ1v) is 14.2. The molecule has 32 heavy (non-hydrogen) atoms. The number of carbonyl (C=O) groups is 1. The Labute approximate surface area is 203 Å². The summed E-state index contributed by atoms with van der Waals surface area (Å²) in [7, 11) is 0. The van der Waals surface area contributed by atoms with Gasteiger partial charge in [0.05, 0.1) is 4.87 Å². The minimum atomic E-state index is -0.192. The first-order chi connectivity index (χ1) is 15.0. The fourth-order valence-corrected chi connectivity index (χ4v) is 10.0. The molecule has 184 valence electrons. The zero-order valence-electron chi connectivity index (χ0n) is 21.7. The van der Waals surface area contributed by atoms with Crippen LogP contribution in [0.3, 0.4) is 0 Å². The lowest BCUT2D eigenvalue weighted by Gasteiger charge is -2.64. The lowest BCUT2D eigenvalue weighted by Crippen LogP contribution is -2.60. The summed E-state index contributed by atoms with van der Waals surface area (Å²) < 4.78 is 5.64. The molecule has 0 unspecified atom stereocenters. The van der Waals surface area contributed by atoms with Gasteiger partial charge in [-0.05, 0) is 97.7 Å². The molecule has 4 aliphatic carbocycles. The van der Waals surface area contributed by atoms with E-state index in [0.717, 1.165) is 61.2 Å². The van der Waals surface area contributed by atoms with Crippen molar-refractivity contribution in [2.45, 2.75) is 130 Å². The van der Waals surface area contributed by atoms with Crippen LogP contribution < -0.4 is 0 Å². The van der Waals surface area contributed by atoms with Gasteiger partial charge in [0.1, 0.15) is 6.10 Å². The van der Waals surface area contributed by atoms with Crippen LogP contribution in [-0.2, 0) is 9.53 Å². The lowest BCUT2D eigenvalue weighted by molar-refractivity contribution is -0.157. The van der Waals surface area contributed by atoms with E-state index >= 15 is 0 Å². The molecular formula is C29H49ClO2. The topological polar surface area (TPSA) is 26.3 Å². The van der Waals surface area contributed by atoms with Gasteiger partial charge in [-0.2, -0.15) is 0 Å². The molecule has 9 atom stereocenters. The van der Waals surface area contributed by atoms with Crippen molar-refractivity contribution in [1.82, 2.24) is 0 Å². The fourth-order valence-electron chi connectivity index (χ4n) is 9.52. The van der Waals surface area contributed by atoms with Crippen molar-refractivity contribution in [3.8, 4) is 0 Å². The molecule has 4 fully saturated rings. The molecule has 0 amide bonds. The van der Waals surface area contributed by atoms with Gasteiger partial charge >= 0.3 is 5.97 Å². The number of hydrogen-bond donors (Lipinski definition) is 0. The van der Waals surface area contributed by atoms with Crippen LogP contribution in [0, 0.1) is 46.3 Å². The third kappa shape index (κ3) is 4.18. The van der Waals surface area contributed by atoms with Crippen LogP contribution in [0.25, 0.3) is 0 Å². The smallest absolute Gasteiger partial charge is 0.302 e. The Balaban J connectivity index is 1.47. The first kappa shape index (κ1) is 24.9. The molecule has 0 aromatic heterocycles. The number of ether oxygens (including phenoxy) is 1. The molecule has 0 N–H and O–H groups in total. The highest BCUT2D eigenvalue weighted by molar-refractivity contribution is 6.24. The number of esters is 1. The minimum absolute atomic E-state index is 0.0195. The number of alkyl halides is 1. The summed E-state index contributed by atoms with van der Waals surface area (Å²) in [5, 5.41) is 0. The second kappa shape index (κ2) is 9.09. The number of fused-ring (bicyclic) bond motifs is 5. The van der Waals surface area contributed by atoms with Crippen LogP contribution in [0.1, 0.15) is 119 Å². The number of carbonyl (C=O) groups excluding carboxylic acids is 1. The molecule has 4 rings (SSSR count). The van der Waals surface area contributed by atoms with Crippen molar-refractivity contribution in [3.63, 3.8) is 0 Å². The molecule has 0 aromatic carbocycles. The van der Waals surface area contributed by atoms with Crippen LogP contribution in [0.2, 0.25) is 0 Å². The van der Waals surface area contributed by atoms with Gasteiger partial charge in [-0.3, -0.25) is 4.79 Å². The van der Waals surface area contributed by atoms with Crippen LogP contribution >= 0.6 is 11.6 Å². The molecule has 0 spiro atoms. The van der Waals surface area contributed by atoms with E-state index in [4.69, 9.17) is 16.3 Å². The van der Waals surface area contributed by atoms with Crippen LogP contribution in [0.4, 0.5) is 0 Å². The maximum Gasteiger partial charge on any atom is 0.302 e. The quantitative estimate of drug-likeness (QED) is 0.291. The predicted molar refractivity (Wildman–Crippen MR) is 134 cm³/mol. The van der Waals surface area contributed by atoms with E-state index in [9.17, 15) is 4.79 Å². The summed E-state index contributed by atoms with van der Waals surface area (Å²) in [6.07, 6.45) is 15.2. The average Bonchev–Trinajstić information content (AvgIpc) is 3.05. The van der Waals surface area contributed by atoms with Gasteiger partial charge in [0.25, 0.3) is 0 Å². The summed E-state index contributed by atoms with van der Waals surface area (Å²) in [6.45, 7) is 14.0. The van der Waals surface area contributed by atoms with Crippen LogP contribution in [0.5, 0.6) is 0 Å². The van der Waals surface area contributed by atoms with Crippen molar-refractivity contribution >= 4 is 17.6 Å². The van der Waals surface area contributed by atoms with Crippen molar-refractivity contribution < 1.29 is 9.53 Å². The molecule has 0 heterocycles. The van der Waals surface area contributed by atoms with E-state index in [1.165, 1.54) is 58.3 Å². The van der Waals surface area contributed by atoms with E-state index in [0.29, 0.717) is 5.41 Å². The van der Waals surface area contributed by atoms with E-state index in [2.05, 4.69) is 34.6 Å². The lowest BCUT2D eigenvalue weighted by atomic mass is 9.44. The first-order valence-electron chi connectivity index (χ1n) is 13.9. The second-order valence-electron chi connectivity index (χ2n) is 13.3. The third-order valence-corrected chi connectivity index (χ3v) is 12.0. The SMILES string of the molecule is CC(=O)O[C@H]1CC[C@]2(C)[C@H]3CC[C@]4(C)[C@@H]([C@@H](C)CCCC(C)C)CC[C@H]4[C@@H]3CC[C@@]2(Cl)C1. The molecule has 4 saturated carbocycles. The maximum atomic E-state index is 11.6. The van der Waals surface area contributed by atoms with E-state index in [1.807, 2.05) is 0 Å². The highest BCUT2D eigenvalue weighted by atomic mass is 35.5. The molecule has 4 aliphatic rings. The Morgan fingerprint density at radius 3 is 2.41 bits per heavy atom. The van der Waals surface area contributed by atoms with Crippen molar-refractivity contribution in [1.29, 1.82) is 0 Å². The summed E-state index contributed by atoms with van der Waals surface area (Å²) in [6, 6.07) is 0. The van der Waals surface area contributed by atoms with Crippen molar-refractivity contribution in [2.75, 3.05) is 0 Å². The Kier molecular flexibility index (Phi) is 7.06. The average molecular weight is 465 g/mol. The normalized spacial score (nSPS) is 46.8. The number of halogens is 1. The van der Waals surface area contributed by atoms with E-state index in [1.54, 1.807) is 0 Å². The monoisotopic (exact) mass is 464 g/mol. The molecule has 0 aromatic rings.